The van der Waals surface area contributed by atoms with E-state index in [1.807, 2.05) is 24.3 Å². The second-order valence-electron chi connectivity index (χ2n) is 3.81. The molecule has 15 heteroatoms. The van der Waals surface area contributed by atoms with Crippen molar-refractivity contribution in [3.05, 3.63) is 48.6 Å². The number of halogens is 6. The Morgan fingerprint density at radius 3 is 0.963 bits per heavy atom. The predicted octanol–water partition coefficient (Wildman–Crippen LogP) is 2.71. The molecule has 0 radical (unpaired) electrons. The Morgan fingerprint density at radius 1 is 0.704 bits per heavy atom. The van der Waals surface area contributed by atoms with E-state index in [2.05, 4.69) is 24.3 Å². The van der Waals surface area contributed by atoms with Crippen LogP contribution in [-0.4, -0.2) is 37.0 Å². The van der Waals surface area contributed by atoms with E-state index in [0.717, 1.165) is 12.8 Å². The number of hydrogen-bond donors (Lipinski definition) is 0. The van der Waals surface area contributed by atoms with Crippen LogP contribution >= 0.6 is 0 Å². The molecule has 2 aliphatic rings. The Bertz CT molecular complexity index is 649. The second kappa shape index (κ2) is 13.4. The molecule has 0 spiro atoms. The van der Waals surface area contributed by atoms with Crippen molar-refractivity contribution in [2.75, 3.05) is 0 Å². The molecular formula is C12H10F6O6S2Zr-2. The van der Waals surface area contributed by atoms with E-state index in [0.29, 0.717) is 0 Å². The van der Waals surface area contributed by atoms with Gasteiger partial charge in [-0.1, -0.05) is 0 Å². The summed E-state index contributed by atoms with van der Waals surface area (Å²) >= 11 is 0. The quantitative estimate of drug-likeness (QED) is 0.210. The van der Waals surface area contributed by atoms with Crippen LogP contribution in [0.25, 0.3) is 0 Å². The zero-order valence-corrected chi connectivity index (χ0v) is 17.0. The third-order valence-electron chi connectivity index (χ3n) is 1.74. The minimum Gasteiger partial charge on any atom is -0.741 e. The van der Waals surface area contributed by atoms with Crippen LogP contribution < -0.4 is 0 Å². The first kappa shape index (κ1) is 31.0. The van der Waals surface area contributed by atoms with Gasteiger partial charge in [-0.25, -0.2) is 41.1 Å². The molecule has 2 aliphatic carbocycles. The first-order valence-corrected chi connectivity index (χ1v) is 8.79. The van der Waals surface area contributed by atoms with E-state index < -0.39 is 31.3 Å². The van der Waals surface area contributed by atoms with Crippen molar-refractivity contribution >= 4 is 20.2 Å². The molecule has 2 rings (SSSR count). The fraction of sp³-hybridized carbons (Fsp3) is 0.333. The fourth-order valence-electron chi connectivity index (χ4n) is 0.680. The number of hydrogen-bond acceptors (Lipinski definition) is 6. The van der Waals surface area contributed by atoms with Crippen LogP contribution in [0.4, 0.5) is 26.3 Å². The Hall–Kier alpha value is -0.757. The third kappa shape index (κ3) is 18.4. The first-order valence-electron chi connectivity index (χ1n) is 5.98. The van der Waals surface area contributed by atoms with E-state index in [9.17, 15) is 26.3 Å². The van der Waals surface area contributed by atoms with Gasteiger partial charge in [0.2, 0.25) is 0 Å². The molecule has 154 valence electrons. The third-order valence-corrected chi connectivity index (χ3v) is 2.87. The van der Waals surface area contributed by atoms with Gasteiger partial charge in [-0.05, 0) is 0 Å². The van der Waals surface area contributed by atoms with Crippen molar-refractivity contribution < 1.29 is 78.5 Å². The van der Waals surface area contributed by atoms with Crippen LogP contribution in [0.3, 0.4) is 0 Å². The summed E-state index contributed by atoms with van der Waals surface area (Å²) in [5, 5.41) is 0. The summed E-state index contributed by atoms with van der Waals surface area (Å²) in [4.78, 5) is 0. The monoisotopic (exact) mass is 518 g/mol. The normalized spacial score (nSPS) is 14.8. The molecule has 0 N–H and O–H groups in total. The van der Waals surface area contributed by atoms with Gasteiger partial charge in [-0.15, -0.1) is 12.8 Å². The van der Waals surface area contributed by atoms with Crippen LogP contribution in [-0.2, 0) is 46.4 Å². The van der Waals surface area contributed by atoms with Crippen LogP contribution in [0.15, 0.2) is 36.5 Å². The molecule has 0 heterocycles. The number of rotatable bonds is 0. The van der Waals surface area contributed by atoms with Gasteiger partial charge in [-0.2, -0.15) is 38.5 Å². The predicted molar refractivity (Wildman–Crippen MR) is 74.6 cm³/mol. The zero-order chi connectivity index (χ0) is 21.1. The van der Waals surface area contributed by atoms with Crippen molar-refractivity contribution in [2.45, 2.75) is 23.9 Å². The van der Waals surface area contributed by atoms with Gasteiger partial charge in [-0.3, -0.25) is 12.2 Å². The van der Waals surface area contributed by atoms with E-state index in [1.165, 1.54) is 0 Å². The molecular weight excluding hydrogens is 509 g/mol. The topological polar surface area (TPSA) is 114 Å². The van der Waals surface area contributed by atoms with E-state index >= 15 is 0 Å². The van der Waals surface area contributed by atoms with Crippen molar-refractivity contribution in [1.29, 1.82) is 0 Å². The van der Waals surface area contributed by atoms with Crippen molar-refractivity contribution in [2.24, 2.45) is 0 Å². The number of allylic oxidation sites excluding steroid dienone is 8. The van der Waals surface area contributed by atoms with Gasteiger partial charge in [0.1, 0.15) is 0 Å². The number of alkyl halides is 6. The standard InChI is InChI=1S/2C5H5.2CHF3O3S.Zr/c2*1-2-4-5-3-1;2*2-1(3,4)8(5,6)7;/h2*1-3H,4H2;2*(H,5,6,7);/q2*-1;;;+2/p-2. The van der Waals surface area contributed by atoms with Gasteiger partial charge in [0.15, 0.2) is 20.2 Å². The van der Waals surface area contributed by atoms with E-state index in [4.69, 9.17) is 25.9 Å². The molecule has 0 aromatic rings. The fourth-order valence-corrected chi connectivity index (χ4v) is 0.680. The van der Waals surface area contributed by atoms with Gasteiger partial charge in [0.05, 0.1) is 0 Å². The summed E-state index contributed by atoms with van der Waals surface area (Å²) in [7, 11) is -12.2. The summed E-state index contributed by atoms with van der Waals surface area (Å²) in [6.45, 7) is 0. The molecule has 6 nitrogen and oxygen atoms in total. The molecule has 0 aromatic carbocycles. The first-order chi connectivity index (χ1) is 11.5. The van der Waals surface area contributed by atoms with Gasteiger partial charge in [0.25, 0.3) is 0 Å². The SMILES string of the molecule is O=S(=O)([O-])C(F)(F)F.O=S(=O)([O-])C(F)(F)F.[C-]1=CC=CC1.[C-]1=CC=CC1.[Zr+2]. The van der Waals surface area contributed by atoms with Crippen molar-refractivity contribution in [1.82, 2.24) is 0 Å². The van der Waals surface area contributed by atoms with Crippen molar-refractivity contribution in [3.8, 4) is 0 Å². The molecule has 0 aliphatic heterocycles. The van der Waals surface area contributed by atoms with E-state index in [1.54, 1.807) is 0 Å². The maximum absolute atomic E-state index is 10.7. The zero-order valence-electron chi connectivity index (χ0n) is 12.9. The maximum atomic E-state index is 10.7. The molecule has 0 fully saturated rings. The molecule has 0 amide bonds. The average Bonchev–Trinajstić information content (AvgIpc) is 3.15. The summed E-state index contributed by atoms with van der Waals surface area (Å²) in [5.41, 5.74) is -11.3. The Labute approximate surface area is 170 Å². The minimum atomic E-state index is -6.09. The largest absolute Gasteiger partial charge is 2.00 e. The van der Waals surface area contributed by atoms with Gasteiger partial charge < -0.3 is 9.11 Å². The molecule has 0 bridgehead atoms. The Morgan fingerprint density at radius 2 is 0.926 bits per heavy atom. The summed E-state index contributed by atoms with van der Waals surface area (Å²) in [5.74, 6) is 0. The summed E-state index contributed by atoms with van der Waals surface area (Å²) in [6, 6.07) is 0. The molecule has 0 aromatic heterocycles. The molecule has 0 unspecified atom stereocenters. The molecule has 0 saturated carbocycles. The minimum absolute atomic E-state index is 0. The van der Waals surface area contributed by atoms with Crippen LogP contribution in [0.5, 0.6) is 0 Å². The smallest absolute Gasteiger partial charge is 0.741 e. The van der Waals surface area contributed by atoms with Crippen LogP contribution in [0.1, 0.15) is 12.8 Å². The Balaban J connectivity index is -0.000000286. The molecule has 27 heavy (non-hydrogen) atoms. The molecule has 0 saturated heterocycles. The van der Waals surface area contributed by atoms with Crippen LogP contribution in [0.2, 0.25) is 0 Å². The van der Waals surface area contributed by atoms with Crippen molar-refractivity contribution in [3.63, 3.8) is 0 Å². The second-order valence-corrected chi connectivity index (χ2v) is 6.55. The molecule has 0 atom stereocenters. The van der Waals surface area contributed by atoms with Gasteiger partial charge in [0, 0.05) is 0 Å². The average molecular weight is 520 g/mol. The maximum Gasteiger partial charge on any atom is 2.00 e. The summed E-state index contributed by atoms with van der Waals surface area (Å²) < 4.78 is 118. The Kier molecular flexibility index (Phi) is 15.4. The van der Waals surface area contributed by atoms with E-state index in [-0.39, 0.29) is 26.2 Å². The van der Waals surface area contributed by atoms with Crippen LogP contribution in [0, 0.1) is 12.2 Å². The summed E-state index contributed by atoms with van der Waals surface area (Å²) in [6.07, 6.45) is 20.0. The van der Waals surface area contributed by atoms with Gasteiger partial charge >= 0.3 is 37.2 Å².